The molecule has 0 fully saturated rings. The molecule has 2 N–H and O–H groups in total. The summed E-state index contributed by atoms with van der Waals surface area (Å²) in [5, 5.41) is 12.9. The number of benzene rings is 1. The number of nitrogens with one attached hydrogen (secondary N) is 1. The molecular formula is C14H23NO2. The summed E-state index contributed by atoms with van der Waals surface area (Å²) >= 11 is 0. The van der Waals surface area contributed by atoms with E-state index in [2.05, 4.69) is 43.4 Å². The van der Waals surface area contributed by atoms with Crippen molar-refractivity contribution in [2.45, 2.75) is 32.4 Å². The molecule has 3 nitrogen and oxygen atoms in total. The van der Waals surface area contributed by atoms with Crippen molar-refractivity contribution in [2.75, 3.05) is 20.3 Å². The quantitative estimate of drug-likeness (QED) is 0.762. The molecule has 0 saturated heterocycles. The molecular weight excluding hydrogens is 214 g/mol. The summed E-state index contributed by atoms with van der Waals surface area (Å²) in [5.74, 6) is 0. The van der Waals surface area contributed by atoms with Crippen LogP contribution in [0.1, 0.15) is 30.5 Å². The number of rotatable bonds is 7. The van der Waals surface area contributed by atoms with Crippen molar-refractivity contribution in [3.63, 3.8) is 0 Å². The third kappa shape index (κ3) is 5.31. The number of aliphatic hydroxyl groups is 1. The molecule has 3 heteroatoms. The number of methoxy groups -OCH3 is 1. The molecule has 0 saturated carbocycles. The van der Waals surface area contributed by atoms with Gasteiger partial charge in [-0.2, -0.15) is 0 Å². The first kappa shape index (κ1) is 14.2. The van der Waals surface area contributed by atoms with Crippen LogP contribution < -0.4 is 5.32 Å². The summed E-state index contributed by atoms with van der Waals surface area (Å²) in [7, 11) is 1.60. The van der Waals surface area contributed by atoms with Gasteiger partial charge in [-0.1, -0.05) is 29.8 Å². The molecule has 96 valence electrons. The topological polar surface area (TPSA) is 41.5 Å². The summed E-state index contributed by atoms with van der Waals surface area (Å²) in [6, 6.07) is 8.78. The molecule has 2 atom stereocenters. The van der Waals surface area contributed by atoms with Crippen LogP contribution in [0.15, 0.2) is 24.3 Å². The van der Waals surface area contributed by atoms with Crippen LogP contribution >= 0.6 is 0 Å². The lowest BCUT2D eigenvalue weighted by atomic mass is 10.1. The Kier molecular flexibility index (Phi) is 6.19. The lowest BCUT2D eigenvalue weighted by molar-refractivity contribution is 0.0590. The van der Waals surface area contributed by atoms with Gasteiger partial charge in [0.05, 0.1) is 12.7 Å². The summed E-state index contributed by atoms with van der Waals surface area (Å²) < 4.78 is 4.88. The van der Waals surface area contributed by atoms with Crippen molar-refractivity contribution < 1.29 is 9.84 Å². The summed E-state index contributed by atoms with van der Waals surface area (Å²) in [6.07, 6.45) is 0.335. The maximum Gasteiger partial charge on any atom is 0.0785 e. The van der Waals surface area contributed by atoms with Crippen LogP contribution in [0.4, 0.5) is 0 Å². The second kappa shape index (κ2) is 7.43. The van der Waals surface area contributed by atoms with Gasteiger partial charge in [-0.3, -0.25) is 0 Å². The minimum absolute atomic E-state index is 0.310. The average Bonchev–Trinajstić information content (AvgIpc) is 2.29. The first-order chi connectivity index (χ1) is 8.13. The zero-order valence-electron chi connectivity index (χ0n) is 10.9. The van der Waals surface area contributed by atoms with Gasteiger partial charge in [0, 0.05) is 13.2 Å². The molecule has 0 amide bonds. The minimum Gasteiger partial charge on any atom is -0.391 e. The largest absolute Gasteiger partial charge is 0.391 e. The van der Waals surface area contributed by atoms with E-state index in [0.29, 0.717) is 19.1 Å². The Labute approximate surface area is 104 Å². The monoisotopic (exact) mass is 237 g/mol. The first-order valence-corrected chi connectivity index (χ1v) is 6.10. The maximum atomic E-state index is 9.51. The van der Waals surface area contributed by atoms with Crippen LogP contribution in [0.5, 0.6) is 0 Å². The van der Waals surface area contributed by atoms with Crippen molar-refractivity contribution in [1.29, 1.82) is 0 Å². The van der Waals surface area contributed by atoms with E-state index >= 15 is 0 Å². The molecule has 0 spiro atoms. The fraction of sp³-hybridized carbons (Fsp3) is 0.571. The van der Waals surface area contributed by atoms with E-state index in [-0.39, 0.29) is 6.10 Å². The Hall–Kier alpha value is -0.900. The predicted molar refractivity (Wildman–Crippen MR) is 70.1 cm³/mol. The minimum atomic E-state index is -0.378. The van der Waals surface area contributed by atoms with Crippen molar-refractivity contribution in [3.8, 4) is 0 Å². The molecule has 0 aliphatic carbocycles. The van der Waals surface area contributed by atoms with E-state index in [0.717, 1.165) is 6.54 Å². The molecule has 0 heterocycles. The van der Waals surface area contributed by atoms with Crippen LogP contribution in [0, 0.1) is 6.92 Å². The number of aliphatic hydroxyl groups excluding tert-OH is 1. The van der Waals surface area contributed by atoms with E-state index in [1.165, 1.54) is 11.1 Å². The number of hydrogen-bond acceptors (Lipinski definition) is 3. The van der Waals surface area contributed by atoms with Gasteiger partial charge in [-0.15, -0.1) is 0 Å². The highest BCUT2D eigenvalue weighted by atomic mass is 16.5. The second-order valence-electron chi connectivity index (χ2n) is 4.49. The Morgan fingerprint density at radius 3 is 2.82 bits per heavy atom. The van der Waals surface area contributed by atoms with Crippen LogP contribution in [-0.4, -0.2) is 31.5 Å². The van der Waals surface area contributed by atoms with Gasteiger partial charge in [0.15, 0.2) is 0 Å². The summed E-state index contributed by atoms with van der Waals surface area (Å²) in [4.78, 5) is 0. The molecule has 0 aliphatic heterocycles. The Bertz CT molecular complexity index is 328. The second-order valence-corrected chi connectivity index (χ2v) is 4.49. The van der Waals surface area contributed by atoms with Gasteiger partial charge in [-0.25, -0.2) is 0 Å². The zero-order valence-corrected chi connectivity index (χ0v) is 10.9. The molecule has 1 aromatic rings. The number of hydrogen-bond donors (Lipinski definition) is 2. The van der Waals surface area contributed by atoms with Gasteiger partial charge < -0.3 is 15.2 Å². The van der Waals surface area contributed by atoms with E-state index in [1.54, 1.807) is 7.11 Å². The molecule has 1 aromatic carbocycles. The third-order valence-corrected chi connectivity index (χ3v) is 2.83. The number of ether oxygens (including phenoxy) is 1. The molecule has 0 aromatic heterocycles. The Balaban J connectivity index is 2.32. The van der Waals surface area contributed by atoms with E-state index in [1.807, 2.05) is 0 Å². The van der Waals surface area contributed by atoms with Crippen molar-refractivity contribution in [3.05, 3.63) is 35.4 Å². The maximum absolute atomic E-state index is 9.51. The van der Waals surface area contributed by atoms with Crippen LogP contribution in [-0.2, 0) is 4.74 Å². The highest BCUT2D eigenvalue weighted by Gasteiger charge is 2.07. The van der Waals surface area contributed by atoms with Crippen molar-refractivity contribution in [2.24, 2.45) is 0 Å². The molecule has 17 heavy (non-hydrogen) atoms. The predicted octanol–water partition coefficient (Wildman–Crippen LogP) is 2.04. The van der Waals surface area contributed by atoms with Gasteiger partial charge in [0.1, 0.15) is 0 Å². The fourth-order valence-electron chi connectivity index (χ4n) is 1.80. The Morgan fingerprint density at radius 1 is 1.41 bits per heavy atom. The molecule has 2 unspecified atom stereocenters. The molecule has 0 aliphatic rings. The Morgan fingerprint density at radius 2 is 2.18 bits per heavy atom. The summed E-state index contributed by atoms with van der Waals surface area (Å²) in [6.45, 7) is 5.43. The third-order valence-electron chi connectivity index (χ3n) is 2.83. The van der Waals surface area contributed by atoms with Crippen LogP contribution in [0.2, 0.25) is 0 Å². The normalized spacial score (nSPS) is 14.6. The molecule has 1 rings (SSSR count). The van der Waals surface area contributed by atoms with E-state index in [9.17, 15) is 5.11 Å². The number of aryl methyl sites for hydroxylation is 1. The lowest BCUT2D eigenvalue weighted by Gasteiger charge is -2.16. The van der Waals surface area contributed by atoms with Gasteiger partial charge in [-0.05, 0) is 32.4 Å². The molecule has 0 radical (unpaired) electrons. The summed E-state index contributed by atoms with van der Waals surface area (Å²) in [5.41, 5.74) is 2.56. The SMILES string of the molecule is COCC(O)CCNC(C)c1cccc(C)c1. The average molecular weight is 237 g/mol. The fourth-order valence-corrected chi connectivity index (χ4v) is 1.80. The van der Waals surface area contributed by atoms with Gasteiger partial charge in [0.2, 0.25) is 0 Å². The highest BCUT2D eigenvalue weighted by Crippen LogP contribution is 2.13. The first-order valence-electron chi connectivity index (χ1n) is 6.10. The smallest absolute Gasteiger partial charge is 0.0785 e. The highest BCUT2D eigenvalue weighted by molar-refractivity contribution is 5.24. The van der Waals surface area contributed by atoms with Crippen molar-refractivity contribution in [1.82, 2.24) is 5.32 Å². The van der Waals surface area contributed by atoms with E-state index in [4.69, 9.17) is 4.74 Å². The lowest BCUT2D eigenvalue weighted by Crippen LogP contribution is -2.25. The van der Waals surface area contributed by atoms with Gasteiger partial charge in [0.25, 0.3) is 0 Å². The standard InChI is InChI=1S/C14H23NO2/c1-11-5-4-6-13(9-11)12(2)15-8-7-14(16)10-17-3/h4-6,9,12,14-16H,7-8,10H2,1-3H3. The van der Waals surface area contributed by atoms with E-state index < -0.39 is 0 Å². The van der Waals surface area contributed by atoms with Gasteiger partial charge >= 0.3 is 0 Å². The zero-order chi connectivity index (χ0) is 12.7. The van der Waals surface area contributed by atoms with Crippen LogP contribution in [0.25, 0.3) is 0 Å². The van der Waals surface area contributed by atoms with Crippen LogP contribution in [0.3, 0.4) is 0 Å². The molecule has 0 bridgehead atoms. The van der Waals surface area contributed by atoms with Crippen molar-refractivity contribution >= 4 is 0 Å².